The van der Waals surface area contributed by atoms with Gasteiger partial charge in [0.05, 0.1) is 12.0 Å². The number of hydrogen-bond acceptors (Lipinski definition) is 5. The maximum Gasteiger partial charge on any atom is 0.339 e. The third-order valence-corrected chi connectivity index (χ3v) is 3.09. The highest BCUT2D eigenvalue weighted by molar-refractivity contribution is 7.98. The molecule has 0 spiro atoms. The van der Waals surface area contributed by atoms with E-state index >= 15 is 0 Å². The second-order valence-corrected chi connectivity index (χ2v) is 4.32. The summed E-state index contributed by atoms with van der Waals surface area (Å²) in [5.74, 6) is 0.364. The monoisotopic (exact) mass is 250 g/mol. The maximum atomic E-state index is 10.8. The lowest BCUT2D eigenvalue weighted by atomic mass is 10.3. The first-order chi connectivity index (χ1) is 8.16. The first-order valence-corrected chi connectivity index (χ1v) is 5.79. The molecule has 0 atom stereocenters. The fourth-order valence-corrected chi connectivity index (χ4v) is 2.08. The van der Waals surface area contributed by atoms with Crippen LogP contribution in [0.3, 0.4) is 0 Å². The van der Waals surface area contributed by atoms with Gasteiger partial charge in [-0.25, -0.2) is 9.78 Å². The van der Waals surface area contributed by atoms with Crippen LogP contribution in [0.1, 0.15) is 16.1 Å². The van der Waals surface area contributed by atoms with Crippen LogP contribution < -0.4 is 5.73 Å². The van der Waals surface area contributed by atoms with Crippen LogP contribution >= 0.6 is 11.8 Å². The summed E-state index contributed by atoms with van der Waals surface area (Å²) in [6, 6.07) is 4.97. The van der Waals surface area contributed by atoms with Gasteiger partial charge in [-0.1, -0.05) is 0 Å². The Bertz CT molecular complexity index is 522. The van der Waals surface area contributed by atoms with Crippen LogP contribution in [0.25, 0.3) is 0 Å². The minimum atomic E-state index is -0.982. The zero-order valence-corrected chi connectivity index (χ0v) is 9.61. The van der Waals surface area contributed by atoms with Gasteiger partial charge in [0.2, 0.25) is 0 Å². The fraction of sp³-hybridized carbons (Fsp3) is 0.0909. The molecule has 0 aliphatic heterocycles. The Kier molecular flexibility index (Phi) is 3.34. The van der Waals surface area contributed by atoms with Gasteiger partial charge in [0.15, 0.2) is 0 Å². The molecule has 2 heterocycles. The SMILES string of the molecule is Nc1ccc(SCc2occc2C(=O)O)cn1. The second kappa shape index (κ2) is 4.92. The van der Waals surface area contributed by atoms with E-state index in [1.54, 1.807) is 12.3 Å². The number of hydrogen-bond donors (Lipinski definition) is 2. The predicted octanol–water partition coefficient (Wildman–Crippen LogP) is 2.25. The van der Waals surface area contributed by atoms with E-state index < -0.39 is 5.97 Å². The van der Waals surface area contributed by atoms with E-state index in [1.807, 2.05) is 6.07 Å². The van der Waals surface area contributed by atoms with E-state index in [0.717, 1.165) is 4.90 Å². The zero-order chi connectivity index (χ0) is 12.3. The molecule has 0 aromatic carbocycles. The number of aromatic carboxylic acids is 1. The normalized spacial score (nSPS) is 10.4. The largest absolute Gasteiger partial charge is 0.478 e. The van der Waals surface area contributed by atoms with Crippen molar-refractivity contribution in [3.05, 3.63) is 42.0 Å². The first kappa shape index (κ1) is 11.5. The van der Waals surface area contributed by atoms with Crippen molar-refractivity contribution in [1.29, 1.82) is 0 Å². The molecule has 0 saturated heterocycles. The number of nitrogens with two attached hydrogens (primary N) is 1. The lowest BCUT2D eigenvalue weighted by Crippen LogP contribution is -1.97. The Morgan fingerprint density at radius 2 is 2.29 bits per heavy atom. The van der Waals surface area contributed by atoms with Crippen molar-refractivity contribution >= 4 is 23.5 Å². The number of thioether (sulfide) groups is 1. The van der Waals surface area contributed by atoms with Crippen molar-refractivity contribution < 1.29 is 14.3 Å². The van der Waals surface area contributed by atoms with Crippen LogP contribution in [-0.2, 0) is 5.75 Å². The topological polar surface area (TPSA) is 89.3 Å². The van der Waals surface area contributed by atoms with Crippen molar-refractivity contribution in [2.45, 2.75) is 10.6 Å². The van der Waals surface area contributed by atoms with Gasteiger partial charge < -0.3 is 15.3 Å². The molecule has 0 bridgehead atoms. The van der Waals surface area contributed by atoms with Crippen LogP contribution in [0.2, 0.25) is 0 Å². The van der Waals surface area contributed by atoms with Gasteiger partial charge in [-0.3, -0.25) is 0 Å². The minimum absolute atomic E-state index is 0.195. The molecule has 0 unspecified atom stereocenters. The molecule has 2 aromatic heterocycles. The molecule has 0 amide bonds. The Hall–Kier alpha value is -1.95. The number of furan rings is 1. The van der Waals surface area contributed by atoms with Crippen LogP contribution in [-0.4, -0.2) is 16.1 Å². The first-order valence-electron chi connectivity index (χ1n) is 4.81. The van der Waals surface area contributed by atoms with Gasteiger partial charge in [0, 0.05) is 11.1 Å². The summed E-state index contributed by atoms with van der Waals surface area (Å²) in [6.45, 7) is 0. The Morgan fingerprint density at radius 1 is 1.47 bits per heavy atom. The van der Waals surface area contributed by atoms with Gasteiger partial charge in [-0.2, -0.15) is 0 Å². The molecule has 0 fully saturated rings. The third-order valence-electron chi connectivity index (χ3n) is 2.10. The summed E-state index contributed by atoms with van der Waals surface area (Å²) in [6.07, 6.45) is 3.02. The number of aromatic nitrogens is 1. The van der Waals surface area contributed by atoms with Gasteiger partial charge >= 0.3 is 5.97 Å². The molecule has 0 radical (unpaired) electrons. The quantitative estimate of drug-likeness (QED) is 0.809. The van der Waals surface area contributed by atoms with E-state index in [9.17, 15) is 4.79 Å². The molecular weight excluding hydrogens is 240 g/mol. The predicted molar refractivity (Wildman–Crippen MR) is 63.9 cm³/mol. The van der Waals surface area contributed by atoms with Crippen molar-refractivity contribution in [3.63, 3.8) is 0 Å². The molecule has 6 heteroatoms. The smallest absolute Gasteiger partial charge is 0.339 e. The summed E-state index contributed by atoms with van der Waals surface area (Å²) >= 11 is 1.44. The van der Waals surface area contributed by atoms with Gasteiger partial charge in [-0.05, 0) is 18.2 Å². The third kappa shape index (κ3) is 2.79. The number of nitrogen functional groups attached to an aromatic ring is 1. The number of carboxylic acids is 1. The van der Waals surface area contributed by atoms with E-state index in [-0.39, 0.29) is 5.56 Å². The Morgan fingerprint density at radius 3 is 2.94 bits per heavy atom. The van der Waals surface area contributed by atoms with E-state index in [1.165, 1.54) is 24.1 Å². The van der Waals surface area contributed by atoms with Crippen LogP contribution in [0.4, 0.5) is 5.82 Å². The average Bonchev–Trinajstić information content (AvgIpc) is 2.76. The standard InChI is InChI=1S/C11H10N2O3S/c12-10-2-1-7(5-13-10)17-6-9-8(11(14)15)3-4-16-9/h1-5H,6H2,(H2,12,13)(H,14,15). The molecule has 0 aliphatic rings. The fourth-order valence-electron chi connectivity index (χ4n) is 1.27. The molecule has 0 saturated carbocycles. The maximum absolute atomic E-state index is 10.8. The highest BCUT2D eigenvalue weighted by Crippen LogP contribution is 2.24. The number of pyridine rings is 1. The minimum Gasteiger partial charge on any atom is -0.478 e. The summed E-state index contributed by atoms with van der Waals surface area (Å²) in [7, 11) is 0. The second-order valence-electron chi connectivity index (χ2n) is 3.27. The van der Waals surface area contributed by atoms with Crippen LogP contribution in [0, 0.1) is 0 Å². The van der Waals surface area contributed by atoms with Crippen molar-refractivity contribution in [3.8, 4) is 0 Å². The van der Waals surface area contributed by atoms with Crippen LogP contribution in [0.5, 0.6) is 0 Å². The molecule has 3 N–H and O–H groups in total. The number of rotatable bonds is 4. The van der Waals surface area contributed by atoms with E-state index in [4.69, 9.17) is 15.3 Å². The lowest BCUT2D eigenvalue weighted by molar-refractivity contribution is 0.0695. The summed E-state index contributed by atoms with van der Waals surface area (Å²) < 4.78 is 5.12. The molecule has 5 nitrogen and oxygen atoms in total. The number of nitrogens with zero attached hydrogens (tertiary/aromatic N) is 1. The Labute approximate surface area is 102 Å². The lowest BCUT2D eigenvalue weighted by Gasteiger charge is -2.00. The number of carboxylic acid groups (broad SMARTS) is 1. The zero-order valence-electron chi connectivity index (χ0n) is 8.79. The van der Waals surface area contributed by atoms with E-state index in [0.29, 0.717) is 17.3 Å². The highest BCUT2D eigenvalue weighted by atomic mass is 32.2. The molecule has 88 valence electrons. The van der Waals surface area contributed by atoms with Gasteiger partial charge in [-0.15, -0.1) is 11.8 Å². The van der Waals surface area contributed by atoms with Crippen LogP contribution in [0.15, 0.2) is 40.0 Å². The molecular formula is C11H10N2O3S. The van der Waals surface area contributed by atoms with Crippen molar-refractivity contribution in [2.24, 2.45) is 0 Å². The summed E-state index contributed by atoms with van der Waals surface area (Å²) in [5, 5.41) is 8.89. The summed E-state index contributed by atoms with van der Waals surface area (Å²) in [4.78, 5) is 15.7. The molecule has 2 rings (SSSR count). The summed E-state index contributed by atoms with van der Waals surface area (Å²) in [5.41, 5.74) is 5.66. The average molecular weight is 250 g/mol. The molecule has 0 aliphatic carbocycles. The van der Waals surface area contributed by atoms with Crippen molar-refractivity contribution in [1.82, 2.24) is 4.98 Å². The molecule has 17 heavy (non-hydrogen) atoms. The number of anilines is 1. The van der Waals surface area contributed by atoms with Gasteiger partial charge in [0.1, 0.15) is 17.1 Å². The highest BCUT2D eigenvalue weighted by Gasteiger charge is 2.13. The van der Waals surface area contributed by atoms with Gasteiger partial charge in [0.25, 0.3) is 0 Å². The number of carbonyl (C=O) groups is 1. The van der Waals surface area contributed by atoms with Crippen molar-refractivity contribution in [2.75, 3.05) is 5.73 Å². The van der Waals surface area contributed by atoms with E-state index in [2.05, 4.69) is 4.98 Å². The Balaban J connectivity index is 2.05. The molecule has 2 aromatic rings.